The van der Waals surface area contributed by atoms with E-state index in [0.717, 1.165) is 37.7 Å². The number of piperazine rings is 1. The Hall–Kier alpha value is -2.24. The summed E-state index contributed by atoms with van der Waals surface area (Å²) >= 11 is 0. The molecule has 1 atom stereocenters. The lowest BCUT2D eigenvalue weighted by Gasteiger charge is -2.40. The van der Waals surface area contributed by atoms with Crippen molar-refractivity contribution < 1.29 is 9.47 Å². The Morgan fingerprint density at radius 1 is 0.840 bits per heavy atom. The number of hydrogen-bond acceptors (Lipinski definition) is 5. The predicted molar refractivity (Wildman–Crippen MR) is 102 cm³/mol. The van der Waals surface area contributed by atoms with E-state index in [0.29, 0.717) is 6.54 Å². The standard InChI is InChI=1S/C20H27N3O2/c1-24-18-7-3-16(4-8-18)20(15-21)23-13-11-22(12-14-23)17-5-9-19(25-2)10-6-17/h3-10,20H,11-15,21H2,1-2H3/t20-/m0/s1. The van der Waals surface area contributed by atoms with Gasteiger partial charge in [-0.3, -0.25) is 4.90 Å². The van der Waals surface area contributed by atoms with E-state index in [9.17, 15) is 0 Å². The first-order valence-electron chi connectivity index (χ1n) is 8.72. The van der Waals surface area contributed by atoms with Gasteiger partial charge in [0.05, 0.1) is 14.2 Å². The number of nitrogens with two attached hydrogens (primary N) is 1. The zero-order valence-electron chi connectivity index (χ0n) is 15.0. The molecular weight excluding hydrogens is 314 g/mol. The average molecular weight is 341 g/mol. The molecule has 0 amide bonds. The lowest BCUT2D eigenvalue weighted by molar-refractivity contribution is 0.190. The van der Waals surface area contributed by atoms with Crippen molar-refractivity contribution >= 4 is 5.69 Å². The van der Waals surface area contributed by atoms with Crippen LogP contribution in [0.3, 0.4) is 0 Å². The van der Waals surface area contributed by atoms with E-state index in [4.69, 9.17) is 15.2 Å². The van der Waals surface area contributed by atoms with E-state index in [1.165, 1.54) is 11.3 Å². The second-order valence-electron chi connectivity index (χ2n) is 6.25. The van der Waals surface area contributed by atoms with Crippen LogP contribution in [-0.4, -0.2) is 51.8 Å². The van der Waals surface area contributed by atoms with Gasteiger partial charge in [-0.1, -0.05) is 12.1 Å². The van der Waals surface area contributed by atoms with Gasteiger partial charge < -0.3 is 20.1 Å². The van der Waals surface area contributed by atoms with Gasteiger partial charge in [-0.05, 0) is 42.0 Å². The Morgan fingerprint density at radius 3 is 1.84 bits per heavy atom. The topological polar surface area (TPSA) is 51.0 Å². The number of hydrogen-bond donors (Lipinski definition) is 1. The number of methoxy groups -OCH3 is 2. The Morgan fingerprint density at radius 2 is 1.36 bits per heavy atom. The van der Waals surface area contributed by atoms with Gasteiger partial charge in [0.25, 0.3) is 0 Å². The molecule has 2 N–H and O–H groups in total. The molecule has 0 aliphatic carbocycles. The lowest BCUT2D eigenvalue weighted by atomic mass is 10.0. The van der Waals surface area contributed by atoms with Crippen LogP contribution in [-0.2, 0) is 0 Å². The van der Waals surface area contributed by atoms with Crippen molar-refractivity contribution in [1.29, 1.82) is 0 Å². The molecule has 0 spiro atoms. The highest BCUT2D eigenvalue weighted by Crippen LogP contribution is 2.26. The molecule has 0 radical (unpaired) electrons. The molecule has 1 heterocycles. The molecular formula is C20H27N3O2. The number of ether oxygens (including phenoxy) is 2. The van der Waals surface area contributed by atoms with Crippen LogP contribution in [0, 0.1) is 0 Å². The van der Waals surface area contributed by atoms with Gasteiger partial charge in [-0.15, -0.1) is 0 Å². The average Bonchev–Trinajstić information content (AvgIpc) is 2.70. The van der Waals surface area contributed by atoms with E-state index < -0.39 is 0 Å². The van der Waals surface area contributed by atoms with Crippen molar-refractivity contribution in [2.24, 2.45) is 5.73 Å². The van der Waals surface area contributed by atoms with E-state index in [2.05, 4.69) is 34.1 Å². The van der Waals surface area contributed by atoms with E-state index in [-0.39, 0.29) is 6.04 Å². The molecule has 0 aromatic heterocycles. The Bertz CT molecular complexity index is 650. The molecule has 1 saturated heterocycles. The van der Waals surface area contributed by atoms with Gasteiger partial charge in [0.15, 0.2) is 0 Å². The third-order valence-electron chi connectivity index (χ3n) is 4.92. The lowest BCUT2D eigenvalue weighted by Crippen LogP contribution is -2.49. The van der Waals surface area contributed by atoms with Gasteiger partial charge in [-0.2, -0.15) is 0 Å². The summed E-state index contributed by atoms with van der Waals surface area (Å²) in [7, 11) is 3.38. The molecule has 134 valence electrons. The zero-order valence-corrected chi connectivity index (χ0v) is 15.0. The maximum atomic E-state index is 6.08. The minimum absolute atomic E-state index is 0.254. The quantitative estimate of drug-likeness (QED) is 0.875. The smallest absolute Gasteiger partial charge is 0.119 e. The maximum absolute atomic E-state index is 6.08. The van der Waals surface area contributed by atoms with Crippen molar-refractivity contribution in [3.63, 3.8) is 0 Å². The van der Waals surface area contributed by atoms with Gasteiger partial charge in [0.1, 0.15) is 11.5 Å². The van der Waals surface area contributed by atoms with E-state index >= 15 is 0 Å². The van der Waals surface area contributed by atoms with Crippen LogP contribution in [0.2, 0.25) is 0 Å². The summed E-state index contributed by atoms with van der Waals surface area (Å²) in [6.07, 6.45) is 0. The SMILES string of the molecule is COc1ccc([C@H](CN)N2CCN(c3ccc(OC)cc3)CC2)cc1. The number of rotatable bonds is 6. The molecule has 0 saturated carbocycles. The van der Waals surface area contributed by atoms with Crippen LogP contribution in [0.4, 0.5) is 5.69 Å². The molecule has 1 fully saturated rings. The summed E-state index contributed by atoms with van der Waals surface area (Å²) in [4.78, 5) is 4.89. The molecule has 0 unspecified atom stereocenters. The molecule has 25 heavy (non-hydrogen) atoms. The second kappa shape index (κ2) is 8.23. The molecule has 5 heteroatoms. The summed E-state index contributed by atoms with van der Waals surface area (Å²) in [6.45, 7) is 4.62. The van der Waals surface area contributed by atoms with Crippen LogP contribution >= 0.6 is 0 Å². The Balaban J connectivity index is 1.62. The summed E-state index contributed by atoms with van der Waals surface area (Å²) in [6, 6.07) is 16.8. The molecule has 1 aliphatic rings. The fraction of sp³-hybridized carbons (Fsp3) is 0.400. The second-order valence-corrected chi connectivity index (χ2v) is 6.25. The van der Waals surface area contributed by atoms with E-state index in [1.54, 1.807) is 14.2 Å². The molecule has 5 nitrogen and oxygen atoms in total. The summed E-state index contributed by atoms with van der Waals surface area (Å²) < 4.78 is 10.5. The van der Waals surface area contributed by atoms with Crippen molar-refractivity contribution in [2.75, 3.05) is 51.8 Å². The molecule has 3 rings (SSSR count). The van der Waals surface area contributed by atoms with Crippen LogP contribution in [0.15, 0.2) is 48.5 Å². The first-order valence-corrected chi connectivity index (χ1v) is 8.72. The van der Waals surface area contributed by atoms with Crippen molar-refractivity contribution in [2.45, 2.75) is 6.04 Å². The van der Waals surface area contributed by atoms with Gasteiger partial charge in [0.2, 0.25) is 0 Å². The third-order valence-corrected chi connectivity index (χ3v) is 4.92. The van der Waals surface area contributed by atoms with Crippen molar-refractivity contribution in [3.8, 4) is 11.5 Å². The first kappa shape index (κ1) is 17.6. The Labute approximate surface area is 149 Å². The minimum Gasteiger partial charge on any atom is -0.497 e. The maximum Gasteiger partial charge on any atom is 0.119 e. The van der Waals surface area contributed by atoms with Crippen LogP contribution in [0.1, 0.15) is 11.6 Å². The van der Waals surface area contributed by atoms with Crippen molar-refractivity contribution in [3.05, 3.63) is 54.1 Å². The molecule has 2 aromatic rings. The highest BCUT2D eigenvalue weighted by molar-refractivity contribution is 5.49. The third kappa shape index (κ3) is 4.06. The summed E-state index contributed by atoms with van der Waals surface area (Å²) in [5.41, 5.74) is 8.58. The monoisotopic (exact) mass is 341 g/mol. The molecule has 2 aromatic carbocycles. The summed E-state index contributed by atoms with van der Waals surface area (Å²) in [5.74, 6) is 1.77. The minimum atomic E-state index is 0.254. The van der Waals surface area contributed by atoms with Crippen LogP contribution < -0.4 is 20.1 Å². The highest BCUT2D eigenvalue weighted by Gasteiger charge is 2.24. The molecule has 0 bridgehead atoms. The largest absolute Gasteiger partial charge is 0.497 e. The van der Waals surface area contributed by atoms with E-state index in [1.807, 2.05) is 24.3 Å². The normalized spacial score (nSPS) is 16.5. The fourth-order valence-corrected chi connectivity index (χ4v) is 3.41. The predicted octanol–water partition coefficient (Wildman–Crippen LogP) is 2.53. The first-order chi connectivity index (χ1) is 12.2. The number of benzene rings is 2. The van der Waals surface area contributed by atoms with Crippen LogP contribution in [0.5, 0.6) is 11.5 Å². The zero-order chi connectivity index (χ0) is 17.6. The molecule has 1 aliphatic heterocycles. The van der Waals surface area contributed by atoms with Crippen LogP contribution in [0.25, 0.3) is 0 Å². The summed E-state index contributed by atoms with van der Waals surface area (Å²) in [5, 5.41) is 0. The highest BCUT2D eigenvalue weighted by atomic mass is 16.5. The number of nitrogens with zero attached hydrogens (tertiary/aromatic N) is 2. The van der Waals surface area contributed by atoms with Gasteiger partial charge >= 0.3 is 0 Å². The van der Waals surface area contributed by atoms with Crippen molar-refractivity contribution in [1.82, 2.24) is 4.90 Å². The van der Waals surface area contributed by atoms with Gasteiger partial charge in [-0.25, -0.2) is 0 Å². The Kier molecular flexibility index (Phi) is 5.79. The fourth-order valence-electron chi connectivity index (χ4n) is 3.41. The van der Waals surface area contributed by atoms with Gasteiger partial charge in [0, 0.05) is 44.5 Å². The number of anilines is 1.